The van der Waals surface area contributed by atoms with Gasteiger partial charge in [-0.05, 0) is 12.8 Å². The second kappa shape index (κ2) is 7.88. The van der Waals surface area contributed by atoms with E-state index in [2.05, 4.69) is 0 Å². The van der Waals surface area contributed by atoms with Gasteiger partial charge in [0, 0.05) is 26.4 Å². The maximum atomic E-state index is 8.29. The van der Waals surface area contributed by atoms with Crippen LogP contribution in [0.2, 0.25) is 0 Å². The summed E-state index contributed by atoms with van der Waals surface area (Å²) in [5.41, 5.74) is 0. The molecule has 0 aromatic heterocycles. The molecule has 0 aliphatic carbocycles. The summed E-state index contributed by atoms with van der Waals surface area (Å²) in [6, 6.07) is 0. The van der Waals surface area contributed by atoms with Crippen LogP contribution in [0.1, 0.15) is 12.8 Å². The highest BCUT2D eigenvalue weighted by Crippen LogP contribution is 1.83. The van der Waals surface area contributed by atoms with E-state index < -0.39 is 0 Å². The molecule has 0 saturated carbocycles. The lowest BCUT2D eigenvalue weighted by molar-refractivity contribution is 0.102. The predicted molar refractivity (Wildman–Crippen MR) is 34.2 cm³/mol. The summed E-state index contributed by atoms with van der Waals surface area (Å²) in [4.78, 5) is 0. The van der Waals surface area contributed by atoms with Crippen molar-refractivity contribution >= 4 is 0 Å². The minimum Gasteiger partial charge on any atom is -0.396 e. The molecule has 0 aliphatic heterocycles. The van der Waals surface area contributed by atoms with Crippen molar-refractivity contribution < 1.29 is 14.9 Å². The molecule has 2 N–H and O–H groups in total. The molecule has 0 spiro atoms. The number of ether oxygens (including phenoxy) is 1. The molecule has 0 saturated heterocycles. The highest BCUT2D eigenvalue weighted by atomic mass is 16.5. The molecular formula is C6H14O3. The molecule has 9 heavy (non-hydrogen) atoms. The van der Waals surface area contributed by atoms with Crippen LogP contribution in [0.15, 0.2) is 0 Å². The second-order valence-corrected chi connectivity index (χ2v) is 1.77. The van der Waals surface area contributed by atoms with Gasteiger partial charge in [-0.2, -0.15) is 0 Å². The second-order valence-electron chi connectivity index (χ2n) is 1.77. The highest BCUT2D eigenvalue weighted by Gasteiger charge is 1.85. The van der Waals surface area contributed by atoms with Crippen molar-refractivity contribution in [2.45, 2.75) is 12.8 Å². The van der Waals surface area contributed by atoms with E-state index >= 15 is 0 Å². The third-order valence-corrected chi connectivity index (χ3v) is 0.894. The van der Waals surface area contributed by atoms with E-state index in [4.69, 9.17) is 14.9 Å². The van der Waals surface area contributed by atoms with E-state index in [0.29, 0.717) is 26.1 Å². The van der Waals surface area contributed by atoms with Gasteiger partial charge in [0.15, 0.2) is 0 Å². The fourth-order valence-corrected chi connectivity index (χ4v) is 0.435. The fourth-order valence-electron chi connectivity index (χ4n) is 0.435. The SMILES string of the molecule is OCCCOCCCO. The number of aliphatic hydroxyl groups excluding tert-OH is 2. The van der Waals surface area contributed by atoms with Crippen LogP contribution in [-0.4, -0.2) is 36.6 Å². The molecule has 0 radical (unpaired) electrons. The minimum atomic E-state index is 0.180. The summed E-state index contributed by atoms with van der Waals surface area (Å²) < 4.78 is 4.99. The van der Waals surface area contributed by atoms with Crippen LogP contribution in [0.5, 0.6) is 0 Å². The maximum Gasteiger partial charge on any atom is 0.0487 e. The molecule has 3 heteroatoms. The van der Waals surface area contributed by atoms with E-state index in [-0.39, 0.29) is 13.2 Å². The molecular weight excluding hydrogens is 120 g/mol. The quantitative estimate of drug-likeness (QED) is 0.493. The van der Waals surface area contributed by atoms with Crippen LogP contribution < -0.4 is 0 Å². The fraction of sp³-hybridized carbons (Fsp3) is 1.00. The molecule has 0 unspecified atom stereocenters. The summed E-state index contributed by atoms with van der Waals surface area (Å²) in [6.07, 6.45) is 1.37. The lowest BCUT2D eigenvalue weighted by Gasteiger charge is -1.99. The predicted octanol–water partition coefficient (Wildman–Crippen LogP) is -0.232. The van der Waals surface area contributed by atoms with Gasteiger partial charge in [0.25, 0.3) is 0 Å². The Bertz CT molecular complexity index is 41.6. The summed E-state index contributed by atoms with van der Waals surface area (Å²) in [5.74, 6) is 0. The monoisotopic (exact) mass is 134 g/mol. The molecule has 0 aromatic rings. The van der Waals surface area contributed by atoms with Crippen molar-refractivity contribution in [2.75, 3.05) is 26.4 Å². The summed E-state index contributed by atoms with van der Waals surface area (Å²) >= 11 is 0. The van der Waals surface area contributed by atoms with Crippen molar-refractivity contribution in [3.05, 3.63) is 0 Å². The topological polar surface area (TPSA) is 49.7 Å². The van der Waals surface area contributed by atoms with Crippen LogP contribution in [0.4, 0.5) is 0 Å². The first-order valence-corrected chi connectivity index (χ1v) is 3.21. The first-order valence-electron chi connectivity index (χ1n) is 3.21. The Labute approximate surface area is 55.3 Å². The maximum absolute atomic E-state index is 8.29. The average Bonchev–Trinajstić information content (AvgIpc) is 1.89. The van der Waals surface area contributed by atoms with Crippen LogP contribution in [-0.2, 0) is 4.74 Å². The zero-order valence-corrected chi connectivity index (χ0v) is 5.55. The molecule has 0 aliphatic rings. The summed E-state index contributed by atoms with van der Waals surface area (Å²) in [5, 5.41) is 16.6. The Morgan fingerprint density at radius 3 is 1.67 bits per heavy atom. The van der Waals surface area contributed by atoms with Gasteiger partial charge in [-0.3, -0.25) is 0 Å². The molecule has 56 valence electrons. The third kappa shape index (κ3) is 7.88. The largest absolute Gasteiger partial charge is 0.396 e. The van der Waals surface area contributed by atoms with Gasteiger partial charge in [-0.1, -0.05) is 0 Å². The van der Waals surface area contributed by atoms with Gasteiger partial charge in [0.2, 0.25) is 0 Å². The van der Waals surface area contributed by atoms with Gasteiger partial charge in [-0.15, -0.1) is 0 Å². The summed E-state index contributed by atoms with van der Waals surface area (Å²) in [7, 11) is 0. The van der Waals surface area contributed by atoms with E-state index in [1.807, 2.05) is 0 Å². The van der Waals surface area contributed by atoms with Crippen molar-refractivity contribution in [3.63, 3.8) is 0 Å². The Morgan fingerprint density at radius 1 is 0.889 bits per heavy atom. The Balaban J connectivity index is 2.60. The van der Waals surface area contributed by atoms with Gasteiger partial charge in [0.1, 0.15) is 0 Å². The Kier molecular flexibility index (Phi) is 7.77. The van der Waals surface area contributed by atoms with E-state index in [1.165, 1.54) is 0 Å². The smallest absolute Gasteiger partial charge is 0.0487 e. The molecule has 0 atom stereocenters. The number of aliphatic hydroxyl groups is 2. The van der Waals surface area contributed by atoms with Crippen LogP contribution in [0, 0.1) is 0 Å². The molecule has 0 bridgehead atoms. The summed E-state index contributed by atoms with van der Waals surface area (Å²) in [6.45, 7) is 1.55. The average molecular weight is 134 g/mol. The van der Waals surface area contributed by atoms with Gasteiger partial charge < -0.3 is 14.9 Å². The Morgan fingerprint density at radius 2 is 1.33 bits per heavy atom. The number of rotatable bonds is 6. The molecule has 0 aromatic carbocycles. The van der Waals surface area contributed by atoms with Crippen LogP contribution in [0.3, 0.4) is 0 Å². The minimum absolute atomic E-state index is 0.180. The lowest BCUT2D eigenvalue weighted by Crippen LogP contribution is -2.00. The van der Waals surface area contributed by atoms with Crippen molar-refractivity contribution in [1.29, 1.82) is 0 Å². The van der Waals surface area contributed by atoms with Crippen molar-refractivity contribution in [1.82, 2.24) is 0 Å². The Hall–Kier alpha value is -0.120. The van der Waals surface area contributed by atoms with Crippen LogP contribution in [0.25, 0.3) is 0 Å². The highest BCUT2D eigenvalue weighted by molar-refractivity contribution is 4.33. The van der Waals surface area contributed by atoms with Crippen molar-refractivity contribution in [2.24, 2.45) is 0 Å². The standard InChI is InChI=1S/C6H14O3/c7-3-1-5-9-6-2-4-8/h7-8H,1-6H2. The van der Waals surface area contributed by atoms with Gasteiger partial charge in [0.05, 0.1) is 0 Å². The zero-order valence-electron chi connectivity index (χ0n) is 5.55. The van der Waals surface area contributed by atoms with E-state index in [9.17, 15) is 0 Å². The first-order chi connectivity index (χ1) is 4.41. The van der Waals surface area contributed by atoms with Gasteiger partial charge >= 0.3 is 0 Å². The van der Waals surface area contributed by atoms with Gasteiger partial charge in [-0.25, -0.2) is 0 Å². The normalized spacial score (nSPS) is 10.0. The van der Waals surface area contributed by atoms with E-state index in [1.54, 1.807) is 0 Å². The molecule has 0 rings (SSSR count). The van der Waals surface area contributed by atoms with Crippen LogP contribution >= 0.6 is 0 Å². The number of hydrogen-bond acceptors (Lipinski definition) is 3. The molecule has 0 heterocycles. The third-order valence-electron chi connectivity index (χ3n) is 0.894. The first kappa shape index (κ1) is 8.88. The zero-order chi connectivity index (χ0) is 6.95. The molecule has 0 amide bonds. The lowest BCUT2D eigenvalue weighted by atomic mass is 10.5. The number of hydrogen-bond donors (Lipinski definition) is 2. The molecule has 0 fully saturated rings. The van der Waals surface area contributed by atoms with E-state index in [0.717, 1.165) is 0 Å². The molecule has 3 nitrogen and oxygen atoms in total. The van der Waals surface area contributed by atoms with Crippen molar-refractivity contribution in [3.8, 4) is 0 Å².